The highest BCUT2D eigenvalue weighted by molar-refractivity contribution is 6.32. The average molecular weight is 408 g/mol. The third kappa shape index (κ3) is 4.83. The lowest BCUT2D eigenvalue weighted by atomic mass is 10.0. The summed E-state index contributed by atoms with van der Waals surface area (Å²) in [7, 11) is 0. The molecule has 1 atom stereocenters. The van der Waals surface area contributed by atoms with E-state index >= 15 is 0 Å². The number of nitrogens with one attached hydrogen (secondary N) is 1. The lowest BCUT2D eigenvalue weighted by Crippen LogP contribution is -2.43. The van der Waals surface area contributed by atoms with Crippen molar-refractivity contribution in [1.82, 2.24) is 10.2 Å². The van der Waals surface area contributed by atoms with E-state index in [0.29, 0.717) is 26.3 Å². The number of rotatable bonds is 6. The zero-order valence-corrected chi connectivity index (χ0v) is 15.7. The molecule has 1 amide bonds. The van der Waals surface area contributed by atoms with E-state index in [1.165, 1.54) is 24.3 Å². The van der Waals surface area contributed by atoms with Gasteiger partial charge in [-0.15, -0.1) is 0 Å². The number of nitro groups is 1. The van der Waals surface area contributed by atoms with Crippen LogP contribution in [0.15, 0.2) is 42.5 Å². The van der Waals surface area contributed by atoms with Crippen LogP contribution < -0.4 is 5.32 Å². The summed E-state index contributed by atoms with van der Waals surface area (Å²) in [6.07, 6.45) is 0. The van der Waals surface area contributed by atoms with Crippen LogP contribution >= 0.6 is 11.6 Å². The first kappa shape index (κ1) is 20.2. The number of ether oxygens (including phenoxy) is 1. The van der Waals surface area contributed by atoms with Gasteiger partial charge < -0.3 is 10.1 Å². The predicted molar refractivity (Wildman–Crippen MR) is 102 cm³/mol. The molecule has 28 heavy (non-hydrogen) atoms. The van der Waals surface area contributed by atoms with Crippen molar-refractivity contribution in [1.29, 1.82) is 0 Å². The fourth-order valence-corrected chi connectivity index (χ4v) is 3.30. The summed E-state index contributed by atoms with van der Waals surface area (Å²) in [5.41, 5.74) is 0.694. The van der Waals surface area contributed by atoms with Crippen LogP contribution in [0.5, 0.6) is 0 Å². The molecule has 0 saturated carbocycles. The van der Waals surface area contributed by atoms with Gasteiger partial charge in [0.25, 0.3) is 11.6 Å². The summed E-state index contributed by atoms with van der Waals surface area (Å²) in [6, 6.07) is 9.89. The Balaban J connectivity index is 1.75. The Morgan fingerprint density at radius 1 is 1.25 bits per heavy atom. The van der Waals surface area contributed by atoms with Crippen molar-refractivity contribution >= 4 is 23.2 Å². The number of halogens is 2. The van der Waals surface area contributed by atoms with Gasteiger partial charge in [-0.05, 0) is 29.8 Å². The van der Waals surface area contributed by atoms with Crippen molar-refractivity contribution in [2.75, 3.05) is 32.8 Å². The van der Waals surface area contributed by atoms with Crippen LogP contribution in [-0.4, -0.2) is 48.6 Å². The third-order valence-electron chi connectivity index (χ3n) is 4.60. The molecule has 1 saturated heterocycles. The Morgan fingerprint density at radius 3 is 2.57 bits per heavy atom. The maximum Gasteiger partial charge on any atom is 0.288 e. The Morgan fingerprint density at radius 2 is 1.93 bits per heavy atom. The van der Waals surface area contributed by atoms with Crippen LogP contribution in [0.4, 0.5) is 10.1 Å². The maximum atomic E-state index is 13.3. The van der Waals surface area contributed by atoms with Crippen molar-refractivity contribution in [2.45, 2.75) is 6.04 Å². The van der Waals surface area contributed by atoms with Gasteiger partial charge in [-0.25, -0.2) is 4.39 Å². The number of hydrogen-bond acceptors (Lipinski definition) is 5. The van der Waals surface area contributed by atoms with Crippen LogP contribution in [0.3, 0.4) is 0 Å². The number of nitrogens with zero attached hydrogens (tertiary/aromatic N) is 2. The largest absolute Gasteiger partial charge is 0.379 e. The molecule has 1 N–H and O–H groups in total. The summed E-state index contributed by atoms with van der Waals surface area (Å²) in [4.78, 5) is 25.1. The van der Waals surface area contributed by atoms with Gasteiger partial charge in [0.05, 0.1) is 24.2 Å². The molecular formula is C19H19ClFN3O4. The maximum absolute atomic E-state index is 13.3. The smallest absolute Gasteiger partial charge is 0.288 e. The van der Waals surface area contributed by atoms with Crippen molar-refractivity contribution < 1.29 is 18.8 Å². The molecule has 1 heterocycles. The highest BCUT2D eigenvalue weighted by atomic mass is 35.5. The first-order valence-electron chi connectivity index (χ1n) is 8.75. The highest BCUT2D eigenvalue weighted by Gasteiger charge is 2.24. The number of morpholine rings is 1. The van der Waals surface area contributed by atoms with E-state index in [0.717, 1.165) is 11.6 Å². The average Bonchev–Trinajstić information content (AvgIpc) is 2.70. The molecule has 0 aliphatic carbocycles. The van der Waals surface area contributed by atoms with Crippen LogP contribution in [0.2, 0.25) is 5.02 Å². The first-order valence-corrected chi connectivity index (χ1v) is 9.13. The van der Waals surface area contributed by atoms with E-state index < -0.39 is 10.8 Å². The van der Waals surface area contributed by atoms with E-state index in [1.54, 1.807) is 12.1 Å². The van der Waals surface area contributed by atoms with Crippen molar-refractivity contribution in [3.05, 3.63) is 74.5 Å². The van der Waals surface area contributed by atoms with E-state index in [1.807, 2.05) is 0 Å². The van der Waals surface area contributed by atoms with Gasteiger partial charge in [-0.3, -0.25) is 19.8 Å². The molecule has 0 radical (unpaired) electrons. The number of hydrogen-bond donors (Lipinski definition) is 1. The zero-order valence-electron chi connectivity index (χ0n) is 14.9. The number of carbonyl (C=O) groups excluding carboxylic acids is 1. The Kier molecular flexibility index (Phi) is 6.56. The van der Waals surface area contributed by atoms with Gasteiger partial charge in [0.1, 0.15) is 10.8 Å². The monoisotopic (exact) mass is 407 g/mol. The second kappa shape index (κ2) is 9.09. The van der Waals surface area contributed by atoms with E-state index in [9.17, 15) is 19.3 Å². The van der Waals surface area contributed by atoms with E-state index in [2.05, 4.69) is 10.2 Å². The van der Waals surface area contributed by atoms with Crippen LogP contribution in [-0.2, 0) is 4.74 Å². The normalized spacial score (nSPS) is 15.8. The SMILES string of the molecule is O=C(NC[C@@H](c1ccc(F)cc1)N1CCOCC1)c1ccc(Cl)c([N+](=O)[O-])c1. The summed E-state index contributed by atoms with van der Waals surface area (Å²) < 4.78 is 18.7. The van der Waals surface area contributed by atoms with E-state index in [-0.39, 0.29) is 34.7 Å². The number of benzene rings is 2. The molecule has 3 rings (SSSR count). The van der Waals surface area contributed by atoms with Gasteiger partial charge in [-0.1, -0.05) is 23.7 Å². The summed E-state index contributed by atoms with van der Waals surface area (Å²) in [5.74, 6) is -0.776. The number of amides is 1. The third-order valence-corrected chi connectivity index (χ3v) is 4.92. The lowest BCUT2D eigenvalue weighted by molar-refractivity contribution is -0.384. The van der Waals surface area contributed by atoms with Crippen molar-refractivity contribution in [3.63, 3.8) is 0 Å². The minimum Gasteiger partial charge on any atom is -0.379 e. The molecule has 7 nitrogen and oxygen atoms in total. The van der Waals surface area contributed by atoms with Gasteiger partial charge in [0.2, 0.25) is 0 Å². The highest BCUT2D eigenvalue weighted by Crippen LogP contribution is 2.25. The van der Waals surface area contributed by atoms with Gasteiger partial charge in [0.15, 0.2) is 0 Å². The molecule has 0 unspecified atom stereocenters. The van der Waals surface area contributed by atoms with Gasteiger partial charge in [-0.2, -0.15) is 0 Å². The summed E-state index contributed by atoms with van der Waals surface area (Å²) in [5, 5.41) is 13.8. The molecule has 0 aromatic heterocycles. The molecule has 0 spiro atoms. The quantitative estimate of drug-likeness (QED) is 0.587. The molecule has 0 bridgehead atoms. The van der Waals surface area contributed by atoms with Gasteiger partial charge >= 0.3 is 0 Å². The second-order valence-corrected chi connectivity index (χ2v) is 6.76. The van der Waals surface area contributed by atoms with Crippen LogP contribution in [0.1, 0.15) is 22.0 Å². The Labute approximate surface area is 166 Å². The minimum atomic E-state index is -0.631. The molecule has 2 aromatic carbocycles. The molecular weight excluding hydrogens is 389 g/mol. The van der Waals surface area contributed by atoms with Crippen LogP contribution in [0, 0.1) is 15.9 Å². The van der Waals surface area contributed by atoms with E-state index in [4.69, 9.17) is 16.3 Å². The Hall–Kier alpha value is -2.55. The summed E-state index contributed by atoms with van der Waals surface area (Å²) in [6.45, 7) is 2.79. The van der Waals surface area contributed by atoms with Gasteiger partial charge in [0, 0.05) is 31.3 Å². The molecule has 2 aromatic rings. The number of nitro benzene ring substituents is 1. The summed E-state index contributed by atoms with van der Waals surface area (Å²) >= 11 is 5.80. The molecule has 1 aliphatic heterocycles. The molecule has 9 heteroatoms. The minimum absolute atomic E-state index is 0.0287. The Bertz CT molecular complexity index is 857. The predicted octanol–water partition coefficient (Wildman–Crippen LogP) is 3.19. The number of carbonyl (C=O) groups is 1. The standard InChI is InChI=1S/C19H19ClFN3O4/c20-16-6-3-14(11-17(16)24(26)27)19(25)22-12-18(23-7-9-28-10-8-23)13-1-4-15(21)5-2-13/h1-6,11,18H,7-10,12H2,(H,22,25)/t18-/m0/s1. The lowest BCUT2D eigenvalue weighted by Gasteiger charge is -2.35. The fraction of sp³-hybridized carbons (Fsp3) is 0.316. The molecule has 148 valence electrons. The fourth-order valence-electron chi connectivity index (χ4n) is 3.12. The van der Waals surface area contributed by atoms with Crippen LogP contribution in [0.25, 0.3) is 0 Å². The topological polar surface area (TPSA) is 84.7 Å². The zero-order chi connectivity index (χ0) is 20.1. The first-order chi connectivity index (χ1) is 13.5. The second-order valence-electron chi connectivity index (χ2n) is 6.35. The molecule has 1 fully saturated rings. The van der Waals surface area contributed by atoms with Crippen molar-refractivity contribution in [2.24, 2.45) is 0 Å². The van der Waals surface area contributed by atoms with Crippen molar-refractivity contribution in [3.8, 4) is 0 Å². The molecule has 1 aliphatic rings.